The lowest BCUT2D eigenvalue weighted by molar-refractivity contribution is 0.0520. The van der Waals surface area contributed by atoms with Crippen LogP contribution in [-0.2, 0) is 4.74 Å². The van der Waals surface area contributed by atoms with Gasteiger partial charge in [-0.3, -0.25) is 4.98 Å². The second-order valence-electron chi connectivity index (χ2n) is 3.68. The van der Waals surface area contributed by atoms with E-state index in [4.69, 9.17) is 15.2 Å². The molecular weight excluding hydrogens is 248 g/mol. The van der Waals surface area contributed by atoms with E-state index in [0.29, 0.717) is 11.4 Å². The first-order valence-electron chi connectivity index (χ1n) is 5.67. The van der Waals surface area contributed by atoms with Crippen LogP contribution in [0.5, 0.6) is 5.75 Å². The van der Waals surface area contributed by atoms with Gasteiger partial charge in [-0.05, 0) is 6.92 Å². The van der Waals surface area contributed by atoms with E-state index in [-0.39, 0.29) is 18.0 Å². The van der Waals surface area contributed by atoms with Gasteiger partial charge in [-0.1, -0.05) is 0 Å². The van der Waals surface area contributed by atoms with Crippen molar-refractivity contribution in [2.45, 2.75) is 6.92 Å². The average molecular weight is 262 g/mol. The van der Waals surface area contributed by atoms with Gasteiger partial charge in [-0.15, -0.1) is 0 Å². The minimum absolute atomic E-state index is 0.0877. The lowest BCUT2D eigenvalue weighted by Crippen LogP contribution is -2.08. The highest BCUT2D eigenvalue weighted by atomic mass is 16.5. The summed E-state index contributed by atoms with van der Waals surface area (Å²) in [5.41, 5.74) is 6.72. The molecule has 0 aliphatic carbocycles. The van der Waals surface area contributed by atoms with Gasteiger partial charge in [0.1, 0.15) is 5.75 Å². The number of hydrogen-bond acceptors (Lipinski definition) is 6. The molecule has 0 amide bonds. The Morgan fingerprint density at radius 3 is 2.95 bits per heavy atom. The van der Waals surface area contributed by atoms with Crippen LogP contribution in [0.1, 0.15) is 17.4 Å². The number of methoxy groups -OCH3 is 1. The van der Waals surface area contributed by atoms with Gasteiger partial charge in [0.15, 0.2) is 5.69 Å². The second kappa shape index (κ2) is 5.38. The van der Waals surface area contributed by atoms with Crippen LogP contribution in [0.3, 0.4) is 0 Å². The van der Waals surface area contributed by atoms with E-state index in [1.165, 1.54) is 10.9 Å². The minimum atomic E-state index is -0.547. The van der Waals surface area contributed by atoms with Crippen molar-refractivity contribution in [3.05, 3.63) is 30.4 Å². The first-order chi connectivity index (χ1) is 9.15. The molecule has 100 valence electrons. The Bertz CT molecular complexity index is 594. The predicted octanol–water partition coefficient (Wildman–Crippen LogP) is 1.03. The number of aromatic nitrogens is 3. The fourth-order valence-electron chi connectivity index (χ4n) is 1.52. The molecule has 0 aliphatic rings. The third-order valence-electron chi connectivity index (χ3n) is 2.41. The first-order valence-corrected chi connectivity index (χ1v) is 5.67. The number of nitrogen functional groups attached to an aromatic ring is 1. The average Bonchev–Trinajstić information content (AvgIpc) is 2.81. The third-order valence-corrected chi connectivity index (χ3v) is 2.41. The lowest BCUT2D eigenvalue weighted by atomic mass is 10.4. The van der Waals surface area contributed by atoms with Crippen molar-refractivity contribution in [3.63, 3.8) is 0 Å². The molecule has 2 N–H and O–H groups in total. The van der Waals surface area contributed by atoms with Crippen LogP contribution in [0.4, 0.5) is 5.69 Å². The zero-order chi connectivity index (χ0) is 13.8. The Morgan fingerprint density at radius 1 is 1.47 bits per heavy atom. The molecule has 2 aromatic heterocycles. The van der Waals surface area contributed by atoms with Crippen molar-refractivity contribution >= 4 is 11.7 Å². The zero-order valence-electron chi connectivity index (χ0n) is 10.7. The van der Waals surface area contributed by atoms with Gasteiger partial charge in [-0.2, -0.15) is 5.10 Å². The highest BCUT2D eigenvalue weighted by molar-refractivity contribution is 5.92. The normalized spacial score (nSPS) is 10.2. The summed E-state index contributed by atoms with van der Waals surface area (Å²) in [6.07, 6.45) is 4.69. The van der Waals surface area contributed by atoms with E-state index in [2.05, 4.69) is 10.1 Å². The van der Waals surface area contributed by atoms with Crippen LogP contribution in [0, 0.1) is 0 Å². The molecule has 0 aromatic carbocycles. The fraction of sp³-hybridized carbons (Fsp3) is 0.250. The number of ether oxygens (including phenoxy) is 2. The van der Waals surface area contributed by atoms with Crippen LogP contribution in [-0.4, -0.2) is 34.5 Å². The first kappa shape index (κ1) is 12.9. The molecule has 0 atom stereocenters. The lowest BCUT2D eigenvalue weighted by Gasteiger charge is -2.03. The Labute approximate surface area is 110 Å². The molecule has 0 bridgehead atoms. The largest absolute Gasteiger partial charge is 0.495 e. The Morgan fingerprint density at radius 2 is 2.26 bits per heavy atom. The number of carbonyl (C=O) groups is 1. The molecular formula is C12H14N4O3. The number of esters is 1. The summed E-state index contributed by atoms with van der Waals surface area (Å²) >= 11 is 0. The highest BCUT2D eigenvalue weighted by Crippen LogP contribution is 2.17. The van der Waals surface area contributed by atoms with Crippen molar-refractivity contribution in [1.82, 2.24) is 14.8 Å². The van der Waals surface area contributed by atoms with Gasteiger partial charge in [0, 0.05) is 6.07 Å². The Kier molecular flexibility index (Phi) is 3.65. The van der Waals surface area contributed by atoms with E-state index in [1.807, 2.05) is 0 Å². The fourth-order valence-corrected chi connectivity index (χ4v) is 1.52. The van der Waals surface area contributed by atoms with Crippen LogP contribution in [0.2, 0.25) is 0 Å². The molecule has 0 aliphatic heterocycles. The van der Waals surface area contributed by atoms with E-state index in [1.54, 1.807) is 32.5 Å². The molecule has 0 saturated carbocycles. The second-order valence-corrected chi connectivity index (χ2v) is 3.68. The summed E-state index contributed by atoms with van der Waals surface area (Å²) in [5.74, 6) is 0.0406. The highest BCUT2D eigenvalue weighted by Gasteiger charge is 2.16. The number of nitrogens with two attached hydrogens (primary N) is 1. The molecule has 2 rings (SSSR count). The molecule has 2 heterocycles. The number of nitrogens with zero attached hydrogens (tertiary/aromatic N) is 3. The van der Waals surface area contributed by atoms with Gasteiger partial charge in [-0.25, -0.2) is 9.48 Å². The molecule has 7 nitrogen and oxygen atoms in total. The molecule has 19 heavy (non-hydrogen) atoms. The smallest absolute Gasteiger partial charge is 0.361 e. The quantitative estimate of drug-likeness (QED) is 0.827. The van der Waals surface area contributed by atoms with Crippen molar-refractivity contribution in [1.29, 1.82) is 0 Å². The SMILES string of the molecule is CCOC(=O)c1nn(-c2cncc(OC)c2)cc1N. The summed E-state index contributed by atoms with van der Waals surface area (Å²) in [4.78, 5) is 15.6. The van der Waals surface area contributed by atoms with Crippen molar-refractivity contribution in [2.75, 3.05) is 19.5 Å². The summed E-state index contributed by atoms with van der Waals surface area (Å²) in [5, 5.41) is 4.10. The monoisotopic (exact) mass is 262 g/mol. The maximum atomic E-state index is 11.6. The molecule has 0 fully saturated rings. The van der Waals surface area contributed by atoms with Gasteiger partial charge in [0.05, 0.1) is 43.7 Å². The van der Waals surface area contributed by atoms with Crippen LogP contribution >= 0.6 is 0 Å². The summed E-state index contributed by atoms with van der Waals surface area (Å²) in [6.45, 7) is 1.99. The van der Waals surface area contributed by atoms with E-state index >= 15 is 0 Å². The molecule has 0 spiro atoms. The zero-order valence-corrected chi connectivity index (χ0v) is 10.7. The predicted molar refractivity (Wildman–Crippen MR) is 68.3 cm³/mol. The van der Waals surface area contributed by atoms with Crippen LogP contribution in [0.15, 0.2) is 24.7 Å². The Hall–Kier alpha value is -2.57. The molecule has 0 saturated heterocycles. The molecule has 2 aromatic rings. The number of rotatable bonds is 4. The topological polar surface area (TPSA) is 92.3 Å². The maximum Gasteiger partial charge on any atom is 0.361 e. The van der Waals surface area contributed by atoms with E-state index < -0.39 is 5.97 Å². The number of hydrogen-bond donors (Lipinski definition) is 1. The summed E-state index contributed by atoms with van der Waals surface area (Å²) < 4.78 is 11.4. The van der Waals surface area contributed by atoms with Crippen molar-refractivity contribution in [2.24, 2.45) is 0 Å². The van der Waals surface area contributed by atoms with Crippen molar-refractivity contribution in [3.8, 4) is 11.4 Å². The number of carbonyl (C=O) groups excluding carboxylic acids is 1. The van der Waals surface area contributed by atoms with Gasteiger partial charge in [0.25, 0.3) is 0 Å². The minimum Gasteiger partial charge on any atom is -0.495 e. The molecule has 7 heteroatoms. The van der Waals surface area contributed by atoms with Crippen LogP contribution < -0.4 is 10.5 Å². The summed E-state index contributed by atoms with van der Waals surface area (Å²) in [7, 11) is 1.54. The number of anilines is 1. The standard InChI is InChI=1S/C12H14N4O3/c1-3-19-12(17)11-10(13)7-16(15-11)8-4-9(18-2)6-14-5-8/h4-7H,3,13H2,1-2H3. The number of pyridine rings is 1. The van der Waals surface area contributed by atoms with Gasteiger partial charge < -0.3 is 15.2 Å². The van der Waals surface area contributed by atoms with Gasteiger partial charge in [0.2, 0.25) is 0 Å². The van der Waals surface area contributed by atoms with Gasteiger partial charge >= 0.3 is 5.97 Å². The Balaban J connectivity index is 2.36. The maximum absolute atomic E-state index is 11.6. The third kappa shape index (κ3) is 2.65. The van der Waals surface area contributed by atoms with E-state index in [9.17, 15) is 4.79 Å². The van der Waals surface area contributed by atoms with Crippen molar-refractivity contribution < 1.29 is 14.3 Å². The molecule has 0 radical (unpaired) electrons. The summed E-state index contributed by atoms with van der Waals surface area (Å²) in [6, 6.07) is 1.73. The molecule has 0 unspecified atom stereocenters. The van der Waals surface area contributed by atoms with E-state index in [0.717, 1.165) is 0 Å². The van der Waals surface area contributed by atoms with Crippen LogP contribution in [0.25, 0.3) is 5.69 Å².